The molecule has 1 amide bonds. The molecule has 1 rings (SSSR count). The molecule has 2 atom stereocenters. The molecule has 36 heavy (non-hydrogen) atoms. The number of aliphatic hydroxyl groups is 1. The van der Waals surface area contributed by atoms with Crippen LogP contribution in [-0.4, -0.2) is 60.9 Å². The van der Waals surface area contributed by atoms with Gasteiger partial charge in [0.05, 0.1) is 13.1 Å². The minimum Gasteiger partial charge on any atom is -0.398 e. The van der Waals surface area contributed by atoms with Crippen molar-refractivity contribution < 1.29 is 9.90 Å². The van der Waals surface area contributed by atoms with Crippen molar-refractivity contribution in [2.75, 3.05) is 26.4 Å². The predicted molar refractivity (Wildman–Crippen MR) is 150 cm³/mol. The van der Waals surface area contributed by atoms with Crippen LogP contribution in [0.25, 0.3) is 0 Å². The maximum absolute atomic E-state index is 12.5. The van der Waals surface area contributed by atoms with Crippen LogP contribution in [0.15, 0.2) is 76.5 Å². The molecular formula is C27H39N7O2. The third-order valence-corrected chi connectivity index (χ3v) is 5.09. The van der Waals surface area contributed by atoms with Crippen molar-refractivity contribution in [3.8, 4) is 0 Å². The molecule has 0 heterocycles. The van der Waals surface area contributed by atoms with E-state index in [-0.39, 0.29) is 5.92 Å². The molecular weight excluding hydrogens is 454 g/mol. The summed E-state index contributed by atoms with van der Waals surface area (Å²) in [5, 5.41) is 25.4. The Kier molecular flexibility index (Phi) is 12.8. The number of aliphatic imine (C=N–C) groups is 1. The molecule has 1 unspecified atom stereocenters. The number of aliphatic hydroxyl groups excluding tert-OH is 1. The highest BCUT2D eigenvalue weighted by Gasteiger charge is 2.19. The van der Waals surface area contributed by atoms with Crippen LogP contribution in [0, 0.1) is 11.3 Å². The van der Waals surface area contributed by atoms with Crippen molar-refractivity contribution in [2.24, 2.45) is 16.0 Å². The van der Waals surface area contributed by atoms with E-state index in [1.165, 1.54) is 6.08 Å². The number of carbonyl (C=O) groups excluding carboxylic acids is 1. The molecule has 0 aliphatic carbocycles. The van der Waals surface area contributed by atoms with Gasteiger partial charge in [0.15, 0.2) is 6.10 Å². The van der Waals surface area contributed by atoms with Crippen molar-refractivity contribution in [1.82, 2.24) is 15.6 Å². The number of nitrogens with one attached hydrogen (secondary N) is 3. The summed E-state index contributed by atoms with van der Waals surface area (Å²) in [5.41, 5.74) is 12.1. The van der Waals surface area contributed by atoms with Gasteiger partial charge in [-0.2, -0.15) is 5.10 Å². The summed E-state index contributed by atoms with van der Waals surface area (Å²) < 4.78 is 0. The number of rotatable bonds is 13. The van der Waals surface area contributed by atoms with E-state index in [9.17, 15) is 9.90 Å². The van der Waals surface area contributed by atoms with Crippen molar-refractivity contribution in [1.29, 1.82) is 5.41 Å². The highest BCUT2D eigenvalue weighted by atomic mass is 16.3. The SMILES string of the molecule is C=C/C(=C\C=C/C)[C@@H](O)C(=O)N/C(C)=C/C(C)C(=N)c1cc(CN=C(CN(C)C)NN=C)ccc1N. The van der Waals surface area contributed by atoms with Gasteiger partial charge in [-0.25, -0.2) is 0 Å². The van der Waals surface area contributed by atoms with Gasteiger partial charge in [-0.05, 0) is 51.2 Å². The van der Waals surface area contributed by atoms with Gasteiger partial charge < -0.3 is 26.5 Å². The molecule has 0 fully saturated rings. The number of hydrogen-bond acceptors (Lipinski definition) is 7. The number of nitrogens with zero attached hydrogens (tertiary/aromatic N) is 3. The second-order valence-electron chi connectivity index (χ2n) is 8.53. The number of amidine groups is 1. The van der Waals surface area contributed by atoms with E-state index in [0.29, 0.717) is 47.2 Å². The van der Waals surface area contributed by atoms with Crippen molar-refractivity contribution in [2.45, 2.75) is 33.4 Å². The molecule has 0 saturated heterocycles. The number of nitrogens with two attached hydrogens (primary N) is 1. The van der Waals surface area contributed by atoms with Crippen LogP contribution in [0.3, 0.4) is 0 Å². The predicted octanol–water partition coefficient (Wildman–Crippen LogP) is 3.01. The second-order valence-corrected chi connectivity index (χ2v) is 8.53. The Morgan fingerprint density at radius 2 is 2.06 bits per heavy atom. The zero-order chi connectivity index (χ0) is 27.3. The number of carbonyl (C=O) groups is 1. The lowest BCUT2D eigenvalue weighted by atomic mass is 9.94. The van der Waals surface area contributed by atoms with Gasteiger partial charge in [-0.3, -0.25) is 15.2 Å². The molecule has 9 heteroatoms. The summed E-state index contributed by atoms with van der Waals surface area (Å²) in [6.07, 6.45) is 6.97. The highest BCUT2D eigenvalue weighted by Crippen LogP contribution is 2.20. The summed E-state index contributed by atoms with van der Waals surface area (Å²) in [7, 11) is 3.86. The fourth-order valence-corrected chi connectivity index (χ4v) is 3.27. The van der Waals surface area contributed by atoms with Gasteiger partial charge in [0.2, 0.25) is 0 Å². The fourth-order valence-electron chi connectivity index (χ4n) is 3.27. The lowest BCUT2D eigenvalue weighted by molar-refractivity contribution is -0.126. The molecule has 6 N–H and O–H groups in total. The number of allylic oxidation sites excluding steroid dienone is 5. The Hall–Kier alpha value is -3.82. The highest BCUT2D eigenvalue weighted by molar-refractivity contribution is 6.05. The summed E-state index contributed by atoms with van der Waals surface area (Å²) in [4.78, 5) is 19.0. The summed E-state index contributed by atoms with van der Waals surface area (Å²) in [6, 6.07) is 5.48. The first-order chi connectivity index (χ1) is 17.0. The topological polar surface area (TPSA) is 139 Å². The molecule has 1 aromatic rings. The molecule has 1 aromatic carbocycles. The quantitative estimate of drug-likeness (QED) is 0.0945. The summed E-state index contributed by atoms with van der Waals surface area (Å²) >= 11 is 0. The molecule has 194 valence electrons. The zero-order valence-corrected chi connectivity index (χ0v) is 21.9. The Balaban J connectivity index is 3.01. The van der Waals surface area contributed by atoms with E-state index >= 15 is 0 Å². The van der Waals surface area contributed by atoms with Crippen molar-refractivity contribution in [3.63, 3.8) is 0 Å². The lowest BCUT2D eigenvalue weighted by Crippen LogP contribution is -2.34. The van der Waals surface area contributed by atoms with Crippen LogP contribution in [-0.2, 0) is 11.3 Å². The Bertz CT molecular complexity index is 1070. The number of hydrazone groups is 1. The second kappa shape index (κ2) is 15.2. The number of hydrogen-bond donors (Lipinski definition) is 5. The summed E-state index contributed by atoms with van der Waals surface area (Å²) in [6.45, 7) is 13.4. The first-order valence-electron chi connectivity index (χ1n) is 11.5. The van der Waals surface area contributed by atoms with Crippen LogP contribution in [0.2, 0.25) is 0 Å². The van der Waals surface area contributed by atoms with Gasteiger partial charge in [0.25, 0.3) is 5.91 Å². The molecule has 0 aromatic heterocycles. The third-order valence-electron chi connectivity index (χ3n) is 5.09. The Morgan fingerprint density at radius 3 is 2.64 bits per heavy atom. The van der Waals surface area contributed by atoms with E-state index < -0.39 is 12.0 Å². The van der Waals surface area contributed by atoms with Crippen LogP contribution in [0.4, 0.5) is 5.69 Å². The number of nitrogen functional groups attached to an aromatic ring is 1. The minimum atomic E-state index is -1.35. The third kappa shape index (κ3) is 9.81. The van der Waals surface area contributed by atoms with Crippen LogP contribution in [0.5, 0.6) is 0 Å². The maximum atomic E-state index is 12.5. The molecule has 0 aliphatic heterocycles. The fraction of sp³-hybridized carbons (Fsp3) is 0.333. The van der Waals surface area contributed by atoms with Crippen LogP contribution in [0.1, 0.15) is 31.9 Å². The average molecular weight is 494 g/mol. The smallest absolute Gasteiger partial charge is 0.257 e. The first kappa shape index (κ1) is 30.2. The standard InChI is InChI=1S/C27H39N7O2/c1-8-10-11-21(9-2)26(35)27(36)32-19(4)14-18(3)25(29)22-15-20(12-13-23(22)28)16-31-24(33-30-5)17-34(6)7/h8-15,18,26,29,35H,2,5,16-17,28H2,1,3-4,6-7H3,(H,31,33)(H,32,36)/b10-8-,19-14+,21-11+,29-25?/t18?,26-/m1/s1. The zero-order valence-electron chi connectivity index (χ0n) is 21.9. The molecule has 9 nitrogen and oxygen atoms in total. The summed E-state index contributed by atoms with van der Waals surface area (Å²) in [5.74, 6) is -0.251. The van der Waals surface area contributed by atoms with E-state index in [2.05, 4.69) is 34.1 Å². The van der Waals surface area contributed by atoms with Crippen LogP contribution < -0.4 is 16.5 Å². The Labute approximate surface area is 214 Å². The normalized spacial score (nSPS) is 14.5. The van der Waals surface area contributed by atoms with E-state index in [1.54, 1.807) is 37.3 Å². The van der Waals surface area contributed by atoms with Gasteiger partial charge in [0.1, 0.15) is 5.84 Å². The van der Waals surface area contributed by atoms with Crippen molar-refractivity contribution in [3.05, 3.63) is 77.6 Å². The lowest BCUT2D eigenvalue weighted by Gasteiger charge is -2.16. The molecule has 0 aliphatic rings. The number of benzene rings is 1. The van der Waals surface area contributed by atoms with E-state index in [4.69, 9.17) is 11.1 Å². The van der Waals surface area contributed by atoms with Crippen molar-refractivity contribution >= 4 is 29.9 Å². The van der Waals surface area contributed by atoms with Gasteiger partial charge in [-0.15, -0.1) is 0 Å². The first-order valence-corrected chi connectivity index (χ1v) is 11.5. The molecule has 0 bridgehead atoms. The molecule has 0 spiro atoms. The number of likely N-dealkylation sites (N-methyl/N-ethyl adjacent to an activating group) is 1. The monoisotopic (exact) mass is 493 g/mol. The van der Waals surface area contributed by atoms with Gasteiger partial charge in [-0.1, -0.05) is 49.9 Å². The minimum absolute atomic E-state index is 0.298. The van der Waals surface area contributed by atoms with E-state index in [0.717, 1.165) is 5.56 Å². The molecule has 0 saturated carbocycles. The Morgan fingerprint density at radius 1 is 1.36 bits per heavy atom. The number of amides is 1. The maximum Gasteiger partial charge on any atom is 0.257 e. The molecule has 0 radical (unpaired) electrons. The van der Waals surface area contributed by atoms with Gasteiger partial charge >= 0.3 is 0 Å². The average Bonchev–Trinajstić information content (AvgIpc) is 2.82. The van der Waals surface area contributed by atoms with Gasteiger partial charge in [0, 0.05) is 35.3 Å². The van der Waals surface area contributed by atoms with Crippen LogP contribution >= 0.6 is 0 Å². The number of anilines is 1. The largest absolute Gasteiger partial charge is 0.398 e. The van der Waals surface area contributed by atoms with E-state index in [1.807, 2.05) is 45.0 Å².